The fraction of sp³-hybridized carbons (Fsp3) is 0.250. The number of imidazole rings is 1. The number of aromatic nitrogens is 3. The maximum atomic E-state index is 4.63. The van der Waals surface area contributed by atoms with Crippen molar-refractivity contribution in [3.05, 3.63) is 66.4 Å². The second-order valence-corrected chi connectivity index (χ2v) is 5.08. The van der Waals surface area contributed by atoms with E-state index in [0.717, 1.165) is 17.9 Å². The van der Waals surface area contributed by atoms with Crippen molar-refractivity contribution in [2.24, 2.45) is 0 Å². The van der Waals surface area contributed by atoms with Gasteiger partial charge in [0.05, 0.1) is 5.69 Å². The molecule has 20 heavy (non-hydrogen) atoms. The quantitative estimate of drug-likeness (QED) is 0.728. The van der Waals surface area contributed by atoms with Crippen molar-refractivity contribution in [3.63, 3.8) is 0 Å². The van der Waals surface area contributed by atoms with E-state index in [9.17, 15) is 0 Å². The molecule has 0 N–H and O–H groups in total. The van der Waals surface area contributed by atoms with Gasteiger partial charge in [-0.3, -0.25) is 9.88 Å². The van der Waals surface area contributed by atoms with Crippen molar-refractivity contribution < 1.29 is 0 Å². The van der Waals surface area contributed by atoms with Crippen LogP contribution in [0, 0.1) is 0 Å². The SMILES string of the molecule is C[C@@H](c1cccnc1)N(C)Cc1cn2ccccc2n1. The van der Waals surface area contributed by atoms with Gasteiger partial charge in [-0.1, -0.05) is 12.1 Å². The summed E-state index contributed by atoms with van der Waals surface area (Å²) in [5, 5.41) is 0. The Bertz CT molecular complexity index is 657. The first-order chi connectivity index (χ1) is 9.74. The van der Waals surface area contributed by atoms with Gasteiger partial charge < -0.3 is 4.40 Å². The molecule has 3 aromatic heterocycles. The molecule has 0 aliphatic rings. The van der Waals surface area contributed by atoms with Gasteiger partial charge in [0.2, 0.25) is 0 Å². The van der Waals surface area contributed by atoms with E-state index in [-0.39, 0.29) is 0 Å². The Morgan fingerprint density at radius 2 is 2.15 bits per heavy atom. The predicted molar refractivity (Wildman–Crippen MR) is 79.3 cm³/mol. The van der Waals surface area contributed by atoms with E-state index in [0.29, 0.717) is 6.04 Å². The van der Waals surface area contributed by atoms with Crippen LogP contribution in [0.15, 0.2) is 55.1 Å². The lowest BCUT2D eigenvalue weighted by Crippen LogP contribution is -2.22. The van der Waals surface area contributed by atoms with Crippen molar-refractivity contribution in [2.75, 3.05) is 7.05 Å². The average molecular weight is 266 g/mol. The summed E-state index contributed by atoms with van der Waals surface area (Å²) in [6.07, 6.45) is 7.83. The second-order valence-electron chi connectivity index (χ2n) is 5.08. The first-order valence-electron chi connectivity index (χ1n) is 6.77. The fourth-order valence-electron chi connectivity index (χ4n) is 2.33. The van der Waals surface area contributed by atoms with Gasteiger partial charge in [0.1, 0.15) is 5.65 Å². The summed E-state index contributed by atoms with van der Waals surface area (Å²) in [7, 11) is 2.11. The van der Waals surface area contributed by atoms with E-state index in [1.807, 2.05) is 36.7 Å². The first-order valence-corrected chi connectivity index (χ1v) is 6.77. The highest BCUT2D eigenvalue weighted by molar-refractivity contribution is 5.39. The summed E-state index contributed by atoms with van der Waals surface area (Å²) in [4.78, 5) is 11.1. The lowest BCUT2D eigenvalue weighted by Gasteiger charge is -2.23. The maximum absolute atomic E-state index is 4.63. The van der Waals surface area contributed by atoms with E-state index in [1.165, 1.54) is 5.56 Å². The summed E-state index contributed by atoms with van der Waals surface area (Å²) in [5.74, 6) is 0. The number of hydrogen-bond acceptors (Lipinski definition) is 3. The highest BCUT2D eigenvalue weighted by atomic mass is 15.1. The van der Waals surface area contributed by atoms with Crippen LogP contribution in [0.3, 0.4) is 0 Å². The summed E-state index contributed by atoms with van der Waals surface area (Å²) in [6.45, 7) is 3.00. The molecule has 0 radical (unpaired) electrons. The fourth-order valence-corrected chi connectivity index (χ4v) is 2.33. The molecule has 4 heteroatoms. The van der Waals surface area contributed by atoms with E-state index >= 15 is 0 Å². The minimum atomic E-state index is 0.313. The Morgan fingerprint density at radius 1 is 1.25 bits per heavy atom. The van der Waals surface area contributed by atoms with Gasteiger partial charge in [-0.05, 0) is 37.7 Å². The number of hydrogen-bond donors (Lipinski definition) is 0. The third kappa shape index (κ3) is 2.56. The monoisotopic (exact) mass is 266 g/mol. The molecule has 0 bridgehead atoms. The standard InChI is InChI=1S/C16H18N4/c1-13(14-6-5-8-17-10-14)19(2)11-15-12-20-9-4-3-7-16(20)18-15/h3-10,12-13H,11H2,1-2H3/t13-/m0/s1. The van der Waals surface area contributed by atoms with Gasteiger partial charge in [-0.15, -0.1) is 0 Å². The van der Waals surface area contributed by atoms with Gasteiger partial charge in [-0.25, -0.2) is 4.98 Å². The van der Waals surface area contributed by atoms with Crippen molar-refractivity contribution >= 4 is 5.65 Å². The third-order valence-corrected chi connectivity index (χ3v) is 3.65. The predicted octanol–water partition coefficient (Wildman–Crippen LogP) is 2.92. The van der Waals surface area contributed by atoms with Crippen LogP contribution in [0.2, 0.25) is 0 Å². The zero-order chi connectivity index (χ0) is 13.9. The highest BCUT2D eigenvalue weighted by Gasteiger charge is 2.13. The van der Waals surface area contributed by atoms with Crippen molar-refractivity contribution in [1.29, 1.82) is 0 Å². The van der Waals surface area contributed by atoms with E-state index in [4.69, 9.17) is 0 Å². The van der Waals surface area contributed by atoms with Crippen molar-refractivity contribution in [3.8, 4) is 0 Å². The zero-order valence-corrected chi connectivity index (χ0v) is 11.8. The molecule has 4 nitrogen and oxygen atoms in total. The van der Waals surface area contributed by atoms with E-state index in [2.05, 4.69) is 45.5 Å². The molecule has 0 saturated carbocycles. The Morgan fingerprint density at radius 3 is 2.90 bits per heavy atom. The molecule has 102 valence electrons. The minimum absolute atomic E-state index is 0.313. The molecule has 1 atom stereocenters. The Balaban J connectivity index is 1.76. The van der Waals surface area contributed by atoms with Gasteiger partial charge in [0.15, 0.2) is 0 Å². The molecule has 3 rings (SSSR count). The molecule has 0 unspecified atom stereocenters. The molecule has 3 aromatic rings. The molecule has 0 aliphatic heterocycles. The molecular weight excluding hydrogens is 248 g/mol. The average Bonchev–Trinajstić information content (AvgIpc) is 2.89. The van der Waals surface area contributed by atoms with Crippen LogP contribution >= 0.6 is 0 Å². The molecule has 0 aliphatic carbocycles. The summed E-state index contributed by atoms with van der Waals surface area (Å²) >= 11 is 0. The maximum Gasteiger partial charge on any atom is 0.137 e. The molecule has 3 heterocycles. The normalized spacial score (nSPS) is 12.9. The van der Waals surface area contributed by atoms with Crippen LogP contribution in [0.25, 0.3) is 5.65 Å². The highest BCUT2D eigenvalue weighted by Crippen LogP contribution is 2.19. The second kappa shape index (κ2) is 5.43. The largest absolute Gasteiger partial charge is 0.307 e. The van der Waals surface area contributed by atoms with Crippen molar-refractivity contribution in [2.45, 2.75) is 19.5 Å². The molecule has 0 aromatic carbocycles. The van der Waals surface area contributed by atoms with Gasteiger partial charge >= 0.3 is 0 Å². The Labute approximate surface area is 118 Å². The van der Waals surface area contributed by atoms with E-state index < -0.39 is 0 Å². The molecule has 0 saturated heterocycles. The minimum Gasteiger partial charge on any atom is -0.307 e. The molecular formula is C16H18N4. The number of nitrogens with zero attached hydrogens (tertiary/aromatic N) is 4. The Hall–Kier alpha value is -2.20. The summed E-state index contributed by atoms with van der Waals surface area (Å²) in [5.41, 5.74) is 3.29. The molecule has 0 fully saturated rings. The lowest BCUT2D eigenvalue weighted by molar-refractivity contribution is 0.250. The molecule has 0 spiro atoms. The third-order valence-electron chi connectivity index (χ3n) is 3.65. The molecule has 0 amide bonds. The smallest absolute Gasteiger partial charge is 0.137 e. The lowest BCUT2D eigenvalue weighted by atomic mass is 10.1. The summed E-state index contributed by atoms with van der Waals surface area (Å²) in [6, 6.07) is 10.4. The zero-order valence-electron chi connectivity index (χ0n) is 11.8. The van der Waals surface area contributed by atoms with Gasteiger partial charge in [0.25, 0.3) is 0 Å². The first kappa shape index (κ1) is 12.8. The van der Waals surface area contributed by atoms with Crippen LogP contribution in [-0.4, -0.2) is 26.3 Å². The van der Waals surface area contributed by atoms with Crippen molar-refractivity contribution in [1.82, 2.24) is 19.3 Å². The summed E-state index contributed by atoms with van der Waals surface area (Å²) < 4.78 is 2.05. The van der Waals surface area contributed by atoms with Crippen LogP contribution in [0.5, 0.6) is 0 Å². The van der Waals surface area contributed by atoms with E-state index in [1.54, 1.807) is 6.20 Å². The topological polar surface area (TPSA) is 33.4 Å². The van der Waals surface area contributed by atoms with Crippen LogP contribution in [0.4, 0.5) is 0 Å². The Kier molecular flexibility index (Phi) is 3.48. The van der Waals surface area contributed by atoms with Crippen LogP contribution in [0.1, 0.15) is 24.2 Å². The number of pyridine rings is 2. The number of fused-ring (bicyclic) bond motifs is 1. The van der Waals surface area contributed by atoms with Crippen LogP contribution in [-0.2, 0) is 6.54 Å². The number of rotatable bonds is 4. The van der Waals surface area contributed by atoms with Crippen LogP contribution < -0.4 is 0 Å². The van der Waals surface area contributed by atoms with Gasteiger partial charge in [0, 0.05) is 37.4 Å². The van der Waals surface area contributed by atoms with Gasteiger partial charge in [-0.2, -0.15) is 0 Å².